The van der Waals surface area contributed by atoms with E-state index in [2.05, 4.69) is 5.32 Å². The summed E-state index contributed by atoms with van der Waals surface area (Å²) >= 11 is 0. The Kier molecular flexibility index (Phi) is 7.23. The van der Waals surface area contributed by atoms with Crippen LogP contribution < -0.4 is 5.32 Å². The van der Waals surface area contributed by atoms with Crippen LogP contribution in [0.2, 0.25) is 0 Å². The van der Waals surface area contributed by atoms with Gasteiger partial charge in [0.2, 0.25) is 5.60 Å². The van der Waals surface area contributed by atoms with Crippen LogP contribution in [0.15, 0.2) is 18.2 Å². The molecule has 1 atom stereocenters. The van der Waals surface area contributed by atoms with Crippen molar-refractivity contribution in [2.45, 2.75) is 63.8 Å². The molecule has 1 aromatic carbocycles. The minimum Gasteiger partial charge on any atom is -0.427 e. The van der Waals surface area contributed by atoms with Crippen LogP contribution in [0, 0.1) is 11.6 Å². The van der Waals surface area contributed by atoms with Crippen molar-refractivity contribution in [3.05, 3.63) is 35.4 Å². The van der Waals surface area contributed by atoms with Crippen LogP contribution in [0.5, 0.6) is 0 Å². The minimum absolute atomic E-state index is 0.0935. The van der Waals surface area contributed by atoms with Gasteiger partial charge >= 0.3 is 6.16 Å². The Morgan fingerprint density at radius 3 is 2.33 bits per heavy atom. The van der Waals surface area contributed by atoms with Crippen LogP contribution in [-0.2, 0) is 25.7 Å². The molecule has 2 N–H and O–H groups in total. The summed E-state index contributed by atoms with van der Waals surface area (Å²) in [4.78, 5) is 43.9. The molecule has 0 unspecified atom stereocenters. The first-order valence-corrected chi connectivity index (χ1v) is 10.8. The summed E-state index contributed by atoms with van der Waals surface area (Å²) < 4.78 is 31.8. The van der Waals surface area contributed by atoms with Crippen LogP contribution in [0.4, 0.5) is 13.6 Å². The predicted octanol–water partition coefficient (Wildman–Crippen LogP) is 1.88. The number of ether oxygens (including phenoxy) is 1. The van der Waals surface area contributed by atoms with Crippen molar-refractivity contribution in [1.82, 2.24) is 15.3 Å². The molecule has 0 saturated carbocycles. The number of nitrogens with zero attached hydrogens (tertiary/aromatic N) is 2. The molecule has 11 heteroatoms. The van der Waals surface area contributed by atoms with Gasteiger partial charge in [-0.05, 0) is 51.3 Å². The maximum atomic E-state index is 13.3. The molecule has 2 amide bonds. The number of rotatable bonds is 5. The SMILES string of the molecule is CC(C)(C)OC(=O)ON1CCC(N2CC[C@](O)(C(=O)NCc3cc(F)cc(F)c3)C2=O)CC1. The van der Waals surface area contributed by atoms with Crippen LogP contribution in [-0.4, -0.2) is 69.9 Å². The van der Waals surface area contributed by atoms with Crippen molar-refractivity contribution in [2.24, 2.45) is 0 Å². The fourth-order valence-corrected chi connectivity index (χ4v) is 3.95. The third-order valence-electron chi connectivity index (χ3n) is 5.54. The van der Waals surface area contributed by atoms with Crippen LogP contribution in [0.25, 0.3) is 0 Å². The molecule has 0 spiro atoms. The average molecular weight is 469 g/mol. The summed E-state index contributed by atoms with van der Waals surface area (Å²) in [5.74, 6) is -3.20. The van der Waals surface area contributed by atoms with Gasteiger partial charge in [0.25, 0.3) is 11.8 Å². The summed E-state index contributed by atoms with van der Waals surface area (Å²) in [7, 11) is 0. The fourth-order valence-electron chi connectivity index (χ4n) is 3.95. The summed E-state index contributed by atoms with van der Waals surface area (Å²) in [6.45, 7) is 5.87. The van der Waals surface area contributed by atoms with E-state index in [-0.39, 0.29) is 31.1 Å². The Balaban J connectivity index is 1.51. The van der Waals surface area contributed by atoms with Crippen LogP contribution in [0.1, 0.15) is 45.6 Å². The van der Waals surface area contributed by atoms with Crippen molar-refractivity contribution in [2.75, 3.05) is 19.6 Å². The quantitative estimate of drug-likeness (QED) is 0.501. The van der Waals surface area contributed by atoms with Gasteiger partial charge < -0.3 is 24.9 Å². The van der Waals surface area contributed by atoms with Gasteiger partial charge in [0.05, 0.1) is 0 Å². The summed E-state index contributed by atoms with van der Waals surface area (Å²) in [6.07, 6.45) is 0.0652. The molecule has 0 radical (unpaired) electrons. The van der Waals surface area contributed by atoms with E-state index in [9.17, 15) is 28.3 Å². The zero-order chi connectivity index (χ0) is 24.4. The first-order chi connectivity index (χ1) is 15.4. The highest BCUT2D eigenvalue weighted by molar-refractivity contribution is 6.09. The van der Waals surface area contributed by atoms with E-state index < -0.39 is 40.8 Å². The molecule has 0 aromatic heterocycles. The van der Waals surface area contributed by atoms with E-state index >= 15 is 0 Å². The van der Waals surface area contributed by atoms with E-state index in [4.69, 9.17) is 9.57 Å². The monoisotopic (exact) mass is 469 g/mol. The highest BCUT2D eigenvalue weighted by Gasteiger charge is 2.53. The van der Waals surface area contributed by atoms with Crippen molar-refractivity contribution in [3.8, 4) is 0 Å². The fraction of sp³-hybridized carbons (Fsp3) is 0.591. The molecule has 1 aromatic rings. The third-order valence-corrected chi connectivity index (χ3v) is 5.54. The number of piperidine rings is 1. The van der Waals surface area contributed by atoms with E-state index in [1.807, 2.05) is 0 Å². The second-order valence-electron chi connectivity index (χ2n) is 9.29. The predicted molar refractivity (Wildman–Crippen MR) is 111 cm³/mol. The number of amides is 2. The molecule has 2 fully saturated rings. The number of hydroxylamine groups is 2. The van der Waals surface area contributed by atoms with Gasteiger partial charge in [-0.1, -0.05) is 0 Å². The first-order valence-electron chi connectivity index (χ1n) is 10.8. The molecule has 0 bridgehead atoms. The van der Waals surface area contributed by atoms with Gasteiger partial charge in [-0.15, -0.1) is 5.06 Å². The average Bonchev–Trinajstić information content (AvgIpc) is 3.00. The molecule has 2 saturated heterocycles. The highest BCUT2D eigenvalue weighted by atomic mass is 19.1. The van der Waals surface area contributed by atoms with Gasteiger partial charge in [0.1, 0.15) is 17.2 Å². The number of carbonyl (C=O) groups is 3. The molecule has 2 heterocycles. The van der Waals surface area contributed by atoms with Gasteiger partial charge in [0, 0.05) is 44.7 Å². The highest BCUT2D eigenvalue weighted by Crippen LogP contribution is 2.29. The van der Waals surface area contributed by atoms with Gasteiger partial charge in [-0.3, -0.25) is 9.59 Å². The number of likely N-dealkylation sites (tertiary alicyclic amines) is 1. The van der Waals surface area contributed by atoms with Crippen molar-refractivity contribution in [1.29, 1.82) is 0 Å². The largest absolute Gasteiger partial charge is 0.528 e. The van der Waals surface area contributed by atoms with Crippen molar-refractivity contribution in [3.63, 3.8) is 0 Å². The van der Waals surface area contributed by atoms with E-state index in [0.717, 1.165) is 12.1 Å². The number of hydrogen-bond acceptors (Lipinski definition) is 7. The lowest BCUT2D eigenvalue weighted by atomic mass is 10.0. The molecule has 182 valence electrons. The number of hydrogen-bond donors (Lipinski definition) is 2. The number of halogens is 2. The first kappa shape index (κ1) is 24.8. The lowest BCUT2D eigenvalue weighted by Crippen LogP contribution is -2.54. The molecule has 2 aliphatic heterocycles. The number of carbonyl (C=O) groups excluding carboxylic acids is 3. The molecular formula is C22H29F2N3O6. The zero-order valence-corrected chi connectivity index (χ0v) is 18.9. The Hall–Kier alpha value is -2.79. The van der Waals surface area contributed by atoms with Gasteiger partial charge in [-0.25, -0.2) is 13.6 Å². The second kappa shape index (κ2) is 9.60. The molecular weight excluding hydrogens is 440 g/mol. The zero-order valence-electron chi connectivity index (χ0n) is 18.9. The summed E-state index contributed by atoms with van der Waals surface area (Å²) in [5, 5.41) is 14.6. The standard InChI is InChI=1S/C22H29F2N3O6/c1-21(2,3)32-20(30)33-26-7-4-17(5-8-26)27-9-6-22(31,19(27)29)18(28)25-13-14-10-15(23)12-16(24)11-14/h10-12,17,31H,4-9,13H2,1-3H3,(H,25,28)/t22-/m0/s1. The van der Waals surface area contributed by atoms with Crippen molar-refractivity contribution >= 4 is 18.0 Å². The van der Waals surface area contributed by atoms with E-state index in [1.165, 1.54) is 9.96 Å². The number of nitrogens with one attached hydrogen (secondary N) is 1. The maximum absolute atomic E-state index is 13.3. The Labute approximate surface area is 190 Å². The van der Waals surface area contributed by atoms with Crippen LogP contribution in [0.3, 0.4) is 0 Å². The van der Waals surface area contributed by atoms with E-state index in [1.54, 1.807) is 20.8 Å². The summed E-state index contributed by atoms with van der Waals surface area (Å²) in [6, 6.07) is 2.60. The van der Waals surface area contributed by atoms with Crippen LogP contribution >= 0.6 is 0 Å². The Bertz CT molecular complexity index is 894. The Morgan fingerprint density at radius 2 is 1.76 bits per heavy atom. The second-order valence-corrected chi connectivity index (χ2v) is 9.29. The third kappa shape index (κ3) is 6.17. The lowest BCUT2D eigenvalue weighted by Gasteiger charge is -2.36. The number of aliphatic hydroxyl groups is 1. The van der Waals surface area contributed by atoms with E-state index in [0.29, 0.717) is 32.0 Å². The molecule has 9 nitrogen and oxygen atoms in total. The molecule has 0 aliphatic carbocycles. The topological polar surface area (TPSA) is 108 Å². The minimum atomic E-state index is -2.24. The van der Waals surface area contributed by atoms with Crippen molar-refractivity contribution < 1.29 is 37.8 Å². The Morgan fingerprint density at radius 1 is 1.15 bits per heavy atom. The smallest absolute Gasteiger partial charge is 0.427 e. The normalized spacial score (nSPS) is 22.4. The molecule has 3 rings (SSSR count). The number of benzene rings is 1. The molecule has 33 heavy (non-hydrogen) atoms. The van der Waals surface area contributed by atoms with Gasteiger partial charge in [-0.2, -0.15) is 0 Å². The summed E-state index contributed by atoms with van der Waals surface area (Å²) in [5.41, 5.74) is -2.74. The van der Waals surface area contributed by atoms with Gasteiger partial charge in [0.15, 0.2) is 0 Å². The maximum Gasteiger partial charge on any atom is 0.528 e. The lowest BCUT2D eigenvalue weighted by molar-refractivity contribution is -0.164. The molecule has 2 aliphatic rings.